The molecular weight excluding hydrogens is 353 g/mol. The van der Waals surface area contributed by atoms with Crippen LogP contribution in [0.3, 0.4) is 0 Å². The zero-order valence-electron chi connectivity index (χ0n) is 14.0. The van der Waals surface area contributed by atoms with E-state index in [2.05, 4.69) is 0 Å². The Labute approximate surface area is 147 Å². The van der Waals surface area contributed by atoms with Gasteiger partial charge in [0.05, 0.1) is 12.4 Å². The number of furan rings is 1. The molecule has 3 rings (SSSR count). The Bertz CT molecular complexity index is 744. The molecule has 1 aliphatic heterocycles. The quantitative estimate of drug-likeness (QED) is 0.572. The molecular formula is C18H17F3O5. The smallest absolute Gasteiger partial charge is 0.432 e. The molecule has 0 N–H and O–H groups in total. The summed E-state index contributed by atoms with van der Waals surface area (Å²) < 4.78 is 62.2. The average Bonchev–Trinajstić information content (AvgIpc) is 3.09. The third kappa shape index (κ3) is 3.10. The van der Waals surface area contributed by atoms with Gasteiger partial charge in [0.1, 0.15) is 11.9 Å². The SMILES string of the molecule is CO[C@](C(=O)O[C@@H](c1ccco1)[C@H]1O[C@H]1C)(c1ccccc1)C(F)(F)F. The minimum absolute atomic E-state index is 0.202. The van der Waals surface area contributed by atoms with Crippen molar-refractivity contribution in [3.8, 4) is 0 Å². The topological polar surface area (TPSA) is 61.2 Å². The Morgan fingerprint density at radius 2 is 1.81 bits per heavy atom. The van der Waals surface area contributed by atoms with E-state index in [4.69, 9.17) is 18.6 Å². The van der Waals surface area contributed by atoms with Crippen LogP contribution in [0.2, 0.25) is 0 Å². The summed E-state index contributed by atoms with van der Waals surface area (Å²) in [4.78, 5) is 12.7. The van der Waals surface area contributed by atoms with Crippen molar-refractivity contribution in [2.75, 3.05) is 7.11 Å². The molecule has 2 aromatic rings. The number of carbonyl (C=O) groups is 1. The lowest BCUT2D eigenvalue weighted by Crippen LogP contribution is -2.52. The van der Waals surface area contributed by atoms with Gasteiger partial charge in [-0.2, -0.15) is 13.2 Å². The Balaban J connectivity index is 1.98. The molecule has 4 atom stereocenters. The first kappa shape index (κ1) is 18.5. The molecule has 0 bridgehead atoms. The molecule has 1 saturated heterocycles. The van der Waals surface area contributed by atoms with Crippen LogP contribution >= 0.6 is 0 Å². The normalized spacial score (nSPS) is 23.1. The van der Waals surface area contributed by atoms with Crippen LogP contribution in [0.4, 0.5) is 13.2 Å². The molecule has 1 aliphatic rings. The van der Waals surface area contributed by atoms with E-state index < -0.39 is 30.0 Å². The second-order valence-electron chi connectivity index (χ2n) is 5.90. The first-order valence-corrected chi connectivity index (χ1v) is 7.88. The van der Waals surface area contributed by atoms with Gasteiger partial charge in [0, 0.05) is 12.7 Å². The standard InChI is InChI=1S/C18H17F3O5/c1-11-14(25-11)15(13-9-6-10-24-13)26-16(22)17(23-2,18(19,20)21)12-7-4-3-5-8-12/h3-11,14-15H,1-2H3/t11-,14-,15-,17-/m0/s1. The molecule has 8 heteroatoms. The number of hydrogen-bond acceptors (Lipinski definition) is 5. The number of rotatable bonds is 6. The molecule has 26 heavy (non-hydrogen) atoms. The lowest BCUT2D eigenvalue weighted by molar-refractivity contribution is -0.279. The minimum atomic E-state index is -5.04. The van der Waals surface area contributed by atoms with Gasteiger partial charge in [0.25, 0.3) is 5.60 Å². The number of esters is 1. The highest BCUT2D eigenvalue weighted by molar-refractivity contribution is 5.83. The van der Waals surface area contributed by atoms with Crippen molar-refractivity contribution in [2.24, 2.45) is 0 Å². The van der Waals surface area contributed by atoms with Crippen molar-refractivity contribution >= 4 is 5.97 Å². The maximum absolute atomic E-state index is 13.9. The summed E-state index contributed by atoms with van der Waals surface area (Å²) in [7, 11) is 0.819. The van der Waals surface area contributed by atoms with E-state index in [-0.39, 0.29) is 17.4 Å². The molecule has 1 aromatic heterocycles. The van der Waals surface area contributed by atoms with Gasteiger partial charge in [-0.1, -0.05) is 30.3 Å². The zero-order chi connectivity index (χ0) is 18.9. The van der Waals surface area contributed by atoms with Gasteiger partial charge in [-0.15, -0.1) is 0 Å². The van der Waals surface area contributed by atoms with Crippen molar-refractivity contribution in [1.82, 2.24) is 0 Å². The number of epoxide rings is 1. The van der Waals surface area contributed by atoms with E-state index in [1.807, 2.05) is 0 Å². The van der Waals surface area contributed by atoms with Gasteiger partial charge in [-0.05, 0) is 19.1 Å². The Kier molecular flexibility index (Phi) is 4.81. The molecule has 0 unspecified atom stereocenters. The number of alkyl halides is 3. The fourth-order valence-corrected chi connectivity index (χ4v) is 2.85. The third-order valence-electron chi connectivity index (χ3n) is 4.29. The molecule has 140 valence electrons. The molecule has 0 saturated carbocycles. The highest BCUT2D eigenvalue weighted by Gasteiger charge is 2.65. The van der Waals surface area contributed by atoms with Crippen molar-refractivity contribution in [3.05, 3.63) is 60.1 Å². The molecule has 0 aliphatic carbocycles. The van der Waals surface area contributed by atoms with Gasteiger partial charge in [-0.3, -0.25) is 0 Å². The number of benzene rings is 1. The molecule has 5 nitrogen and oxygen atoms in total. The average molecular weight is 370 g/mol. The summed E-state index contributed by atoms with van der Waals surface area (Å²) in [6.45, 7) is 1.72. The third-order valence-corrected chi connectivity index (χ3v) is 4.29. The van der Waals surface area contributed by atoms with E-state index in [0.29, 0.717) is 0 Å². The highest BCUT2D eigenvalue weighted by Crippen LogP contribution is 2.45. The summed E-state index contributed by atoms with van der Waals surface area (Å²) in [5.74, 6) is -1.38. The Hall–Kier alpha value is -2.32. The second-order valence-corrected chi connectivity index (χ2v) is 5.90. The fraction of sp³-hybridized carbons (Fsp3) is 0.389. The number of halogens is 3. The van der Waals surface area contributed by atoms with Gasteiger partial charge in [0.15, 0.2) is 6.10 Å². The van der Waals surface area contributed by atoms with Crippen LogP contribution < -0.4 is 0 Å². The van der Waals surface area contributed by atoms with Crippen molar-refractivity contribution in [1.29, 1.82) is 0 Å². The maximum atomic E-state index is 13.9. The summed E-state index contributed by atoms with van der Waals surface area (Å²) in [6, 6.07) is 9.70. The van der Waals surface area contributed by atoms with Crippen LogP contribution in [-0.2, 0) is 24.6 Å². The Morgan fingerprint density at radius 3 is 2.27 bits per heavy atom. The summed E-state index contributed by atoms with van der Waals surface area (Å²) in [6.07, 6.45) is -5.65. The van der Waals surface area contributed by atoms with Gasteiger partial charge < -0.3 is 18.6 Å². The first-order chi connectivity index (χ1) is 12.3. The van der Waals surface area contributed by atoms with Gasteiger partial charge >= 0.3 is 12.1 Å². The number of ether oxygens (including phenoxy) is 3. The van der Waals surface area contributed by atoms with Crippen molar-refractivity contribution in [3.63, 3.8) is 0 Å². The van der Waals surface area contributed by atoms with Crippen LogP contribution in [-0.4, -0.2) is 31.5 Å². The number of carbonyl (C=O) groups excluding carboxylic acids is 1. The molecule has 0 spiro atoms. The second kappa shape index (κ2) is 6.77. The lowest BCUT2D eigenvalue weighted by atomic mass is 9.92. The van der Waals surface area contributed by atoms with Crippen LogP contribution in [0.5, 0.6) is 0 Å². The number of methoxy groups -OCH3 is 1. The van der Waals surface area contributed by atoms with E-state index in [9.17, 15) is 18.0 Å². The predicted molar refractivity (Wildman–Crippen MR) is 83.1 cm³/mol. The predicted octanol–water partition coefficient (Wildman–Crippen LogP) is 3.76. The van der Waals surface area contributed by atoms with E-state index in [0.717, 1.165) is 19.2 Å². The number of hydrogen-bond donors (Lipinski definition) is 0. The monoisotopic (exact) mass is 370 g/mol. The molecule has 1 fully saturated rings. The minimum Gasteiger partial charge on any atom is -0.465 e. The van der Waals surface area contributed by atoms with Crippen LogP contribution in [0.25, 0.3) is 0 Å². The molecule has 2 heterocycles. The van der Waals surface area contributed by atoms with Crippen LogP contribution in [0.1, 0.15) is 24.4 Å². The summed E-state index contributed by atoms with van der Waals surface area (Å²) in [5, 5.41) is 0. The van der Waals surface area contributed by atoms with Gasteiger partial charge in [-0.25, -0.2) is 4.79 Å². The van der Waals surface area contributed by atoms with Crippen LogP contribution in [0, 0.1) is 0 Å². The van der Waals surface area contributed by atoms with Crippen molar-refractivity contribution in [2.45, 2.75) is 37.0 Å². The van der Waals surface area contributed by atoms with E-state index in [1.165, 1.54) is 30.5 Å². The fourth-order valence-electron chi connectivity index (χ4n) is 2.85. The lowest BCUT2D eigenvalue weighted by Gasteiger charge is -2.33. The highest BCUT2D eigenvalue weighted by atomic mass is 19.4. The van der Waals surface area contributed by atoms with Gasteiger partial charge in [0.2, 0.25) is 0 Å². The van der Waals surface area contributed by atoms with E-state index >= 15 is 0 Å². The zero-order valence-corrected chi connectivity index (χ0v) is 14.0. The first-order valence-electron chi connectivity index (χ1n) is 7.88. The maximum Gasteiger partial charge on any atom is 0.432 e. The van der Waals surface area contributed by atoms with Crippen LogP contribution in [0.15, 0.2) is 53.1 Å². The summed E-state index contributed by atoms with van der Waals surface area (Å²) >= 11 is 0. The van der Waals surface area contributed by atoms with E-state index in [1.54, 1.807) is 13.0 Å². The summed E-state index contributed by atoms with van der Waals surface area (Å²) in [5.41, 5.74) is -3.63. The molecule has 1 aromatic carbocycles. The molecule has 0 amide bonds. The molecule has 0 radical (unpaired) electrons. The largest absolute Gasteiger partial charge is 0.465 e. The Morgan fingerprint density at radius 1 is 1.15 bits per heavy atom. The van der Waals surface area contributed by atoms with Crippen molar-refractivity contribution < 1.29 is 36.6 Å².